The van der Waals surface area contributed by atoms with Crippen molar-refractivity contribution in [1.82, 2.24) is 5.32 Å². The summed E-state index contributed by atoms with van der Waals surface area (Å²) in [6.45, 7) is 1.95. The van der Waals surface area contributed by atoms with Crippen molar-refractivity contribution < 1.29 is 13.2 Å². The normalized spacial score (nSPS) is 12.2. The van der Waals surface area contributed by atoms with Gasteiger partial charge >= 0.3 is 0 Å². The summed E-state index contributed by atoms with van der Waals surface area (Å²) in [4.78, 5) is 12.7. The molecule has 0 aliphatic heterocycles. The van der Waals surface area contributed by atoms with E-state index in [2.05, 4.69) is 17.4 Å². The molecule has 1 N–H and O–H groups in total. The number of hydrogen-bond acceptors (Lipinski definition) is 3. The summed E-state index contributed by atoms with van der Waals surface area (Å²) < 4.78 is 27.2. The predicted molar refractivity (Wildman–Crippen MR) is 120 cm³/mol. The number of para-hydroxylation sites is 1. The minimum Gasteiger partial charge on any atom is -0.350 e. The molecule has 1 amide bonds. The maximum Gasteiger partial charge on any atom is 0.264 e. The first-order valence-electron chi connectivity index (χ1n) is 9.87. The first-order valence-corrected chi connectivity index (χ1v) is 11.3. The number of benzene rings is 3. The van der Waals surface area contributed by atoms with Crippen LogP contribution in [0, 0.1) is 0 Å². The third-order valence-corrected chi connectivity index (χ3v) is 6.74. The van der Waals surface area contributed by atoms with E-state index in [9.17, 15) is 13.2 Å². The highest BCUT2D eigenvalue weighted by atomic mass is 32.2. The van der Waals surface area contributed by atoms with E-state index >= 15 is 0 Å². The number of sulfonamides is 1. The Hall–Kier alpha value is -3.12. The highest BCUT2D eigenvalue weighted by Crippen LogP contribution is 2.22. The van der Waals surface area contributed by atoms with Crippen LogP contribution in [-0.2, 0) is 16.4 Å². The van der Waals surface area contributed by atoms with E-state index in [1.165, 1.54) is 29.0 Å². The van der Waals surface area contributed by atoms with Gasteiger partial charge in [0.05, 0.1) is 10.6 Å². The van der Waals surface area contributed by atoms with E-state index in [4.69, 9.17) is 0 Å². The molecular weight excluding hydrogens is 396 g/mol. The van der Waals surface area contributed by atoms with Gasteiger partial charge < -0.3 is 5.32 Å². The molecule has 0 heterocycles. The smallest absolute Gasteiger partial charge is 0.264 e. The Morgan fingerprint density at radius 1 is 0.933 bits per heavy atom. The van der Waals surface area contributed by atoms with Crippen molar-refractivity contribution in [2.75, 3.05) is 11.4 Å². The average molecular weight is 423 g/mol. The number of amides is 1. The molecule has 0 fully saturated rings. The van der Waals surface area contributed by atoms with Gasteiger partial charge in [-0.1, -0.05) is 54.6 Å². The van der Waals surface area contributed by atoms with Crippen LogP contribution in [0.15, 0.2) is 89.8 Å². The van der Waals surface area contributed by atoms with Gasteiger partial charge in [-0.15, -0.1) is 0 Å². The van der Waals surface area contributed by atoms with Gasteiger partial charge in [0.2, 0.25) is 0 Å². The molecule has 5 nitrogen and oxygen atoms in total. The van der Waals surface area contributed by atoms with Crippen LogP contribution >= 0.6 is 0 Å². The van der Waals surface area contributed by atoms with Crippen LogP contribution < -0.4 is 9.62 Å². The van der Waals surface area contributed by atoms with E-state index < -0.39 is 10.0 Å². The SMILES string of the molecule is CC(CCc1ccccc1)NC(=O)c1cccc(S(=O)(=O)N(C)c2ccccc2)c1. The minimum atomic E-state index is -3.77. The fraction of sp³-hybridized carbons (Fsp3) is 0.208. The zero-order valence-electron chi connectivity index (χ0n) is 17.2. The van der Waals surface area contributed by atoms with Crippen LogP contribution in [0.4, 0.5) is 5.69 Å². The summed E-state index contributed by atoms with van der Waals surface area (Å²) in [5.74, 6) is -0.282. The number of anilines is 1. The molecule has 0 saturated carbocycles. The number of carbonyl (C=O) groups is 1. The van der Waals surface area contributed by atoms with Crippen molar-refractivity contribution in [2.45, 2.75) is 30.7 Å². The molecule has 1 unspecified atom stereocenters. The monoisotopic (exact) mass is 422 g/mol. The summed E-state index contributed by atoms with van der Waals surface area (Å²) in [5, 5.41) is 2.96. The molecule has 0 spiro atoms. The summed E-state index contributed by atoms with van der Waals surface area (Å²) >= 11 is 0. The third kappa shape index (κ3) is 5.27. The van der Waals surface area contributed by atoms with E-state index in [1.54, 1.807) is 36.4 Å². The molecular formula is C24H26N2O3S. The summed E-state index contributed by atoms with van der Waals surface area (Å²) in [6, 6.07) is 25.0. The molecule has 0 saturated heterocycles. The lowest BCUT2D eigenvalue weighted by Gasteiger charge is -2.20. The largest absolute Gasteiger partial charge is 0.350 e. The second-order valence-electron chi connectivity index (χ2n) is 7.23. The first-order chi connectivity index (χ1) is 14.4. The Morgan fingerprint density at radius 3 is 2.23 bits per heavy atom. The van der Waals surface area contributed by atoms with Crippen molar-refractivity contribution in [3.63, 3.8) is 0 Å². The van der Waals surface area contributed by atoms with Crippen LogP contribution in [0.25, 0.3) is 0 Å². The maximum atomic E-state index is 13.0. The van der Waals surface area contributed by atoms with Crippen molar-refractivity contribution in [3.8, 4) is 0 Å². The molecule has 3 aromatic rings. The second kappa shape index (κ2) is 9.59. The number of nitrogens with one attached hydrogen (secondary N) is 1. The number of rotatable bonds is 8. The number of aryl methyl sites for hydroxylation is 1. The molecule has 0 radical (unpaired) electrons. The molecule has 3 aromatic carbocycles. The topological polar surface area (TPSA) is 66.5 Å². The Balaban J connectivity index is 1.69. The van der Waals surface area contributed by atoms with Crippen LogP contribution in [0.3, 0.4) is 0 Å². The van der Waals surface area contributed by atoms with Crippen LogP contribution in [-0.4, -0.2) is 27.4 Å². The molecule has 3 rings (SSSR count). The van der Waals surface area contributed by atoms with E-state index in [-0.39, 0.29) is 16.8 Å². The molecule has 0 bridgehead atoms. The highest BCUT2D eigenvalue weighted by molar-refractivity contribution is 7.92. The lowest BCUT2D eigenvalue weighted by Crippen LogP contribution is -2.33. The molecule has 0 aliphatic rings. The number of nitrogens with zero attached hydrogens (tertiary/aromatic N) is 1. The standard InChI is InChI=1S/C24H26N2O3S/c1-19(16-17-20-10-5-3-6-11-20)25-24(27)21-12-9-15-23(18-21)30(28,29)26(2)22-13-7-4-8-14-22/h3-15,18-19H,16-17H2,1-2H3,(H,25,27). The van der Waals surface area contributed by atoms with E-state index in [1.807, 2.05) is 31.2 Å². The number of carbonyl (C=O) groups excluding carboxylic acids is 1. The van der Waals surface area contributed by atoms with Gasteiger partial charge in [0.15, 0.2) is 0 Å². The Kier molecular flexibility index (Phi) is 6.90. The third-order valence-electron chi connectivity index (χ3n) is 4.96. The van der Waals surface area contributed by atoms with E-state index in [0.29, 0.717) is 11.3 Å². The van der Waals surface area contributed by atoms with Crippen molar-refractivity contribution in [3.05, 3.63) is 96.1 Å². The zero-order chi connectivity index (χ0) is 21.6. The molecule has 6 heteroatoms. The van der Waals surface area contributed by atoms with Gasteiger partial charge in [0.25, 0.3) is 15.9 Å². The molecule has 156 valence electrons. The fourth-order valence-corrected chi connectivity index (χ4v) is 4.38. The Labute approximate surface area is 178 Å². The van der Waals surface area contributed by atoms with E-state index in [0.717, 1.165) is 12.8 Å². The quantitative estimate of drug-likeness (QED) is 0.590. The van der Waals surface area contributed by atoms with Crippen LogP contribution in [0.5, 0.6) is 0 Å². The van der Waals surface area contributed by atoms with Gasteiger partial charge in [-0.25, -0.2) is 8.42 Å². The summed E-state index contributed by atoms with van der Waals surface area (Å²) in [6.07, 6.45) is 1.66. The molecule has 0 aromatic heterocycles. The zero-order valence-corrected chi connectivity index (χ0v) is 18.0. The van der Waals surface area contributed by atoms with Crippen molar-refractivity contribution in [1.29, 1.82) is 0 Å². The van der Waals surface area contributed by atoms with Gasteiger partial charge in [-0.05, 0) is 55.7 Å². The van der Waals surface area contributed by atoms with Crippen LogP contribution in [0.2, 0.25) is 0 Å². The molecule has 0 aliphatic carbocycles. The predicted octanol–water partition coefficient (Wildman–Crippen LogP) is 4.26. The van der Waals surface area contributed by atoms with Crippen molar-refractivity contribution >= 4 is 21.6 Å². The fourth-order valence-electron chi connectivity index (χ4n) is 3.14. The van der Waals surface area contributed by atoms with Gasteiger partial charge in [-0.2, -0.15) is 0 Å². The highest BCUT2D eigenvalue weighted by Gasteiger charge is 2.22. The average Bonchev–Trinajstić information content (AvgIpc) is 2.78. The lowest BCUT2D eigenvalue weighted by molar-refractivity contribution is 0.0938. The Bertz CT molecular complexity index is 1080. The Morgan fingerprint density at radius 2 is 1.57 bits per heavy atom. The molecule has 30 heavy (non-hydrogen) atoms. The molecule has 1 atom stereocenters. The van der Waals surface area contributed by atoms with Gasteiger partial charge in [0, 0.05) is 18.7 Å². The first kappa shape index (κ1) is 21.6. The maximum absolute atomic E-state index is 13.0. The summed E-state index contributed by atoms with van der Waals surface area (Å²) in [7, 11) is -2.27. The minimum absolute atomic E-state index is 0.0371. The van der Waals surface area contributed by atoms with Crippen molar-refractivity contribution in [2.24, 2.45) is 0 Å². The number of hydrogen-bond donors (Lipinski definition) is 1. The van der Waals surface area contributed by atoms with Gasteiger partial charge in [-0.3, -0.25) is 9.10 Å². The summed E-state index contributed by atoms with van der Waals surface area (Å²) in [5.41, 5.74) is 2.10. The van der Waals surface area contributed by atoms with Crippen LogP contribution in [0.1, 0.15) is 29.3 Å². The lowest BCUT2D eigenvalue weighted by atomic mass is 10.1. The second-order valence-corrected chi connectivity index (χ2v) is 9.20. The van der Waals surface area contributed by atoms with Gasteiger partial charge in [0.1, 0.15) is 0 Å².